The van der Waals surface area contributed by atoms with Gasteiger partial charge in [-0.1, -0.05) is 172 Å². The molecule has 586 valence electrons. The summed E-state index contributed by atoms with van der Waals surface area (Å²) in [6, 6.07) is 68.4. The molecule has 0 amide bonds. The fourth-order valence-corrected chi connectivity index (χ4v) is 14.1. The molecule has 1 aliphatic heterocycles. The number of benzene rings is 9. The third kappa shape index (κ3) is 20.9. The summed E-state index contributed by atoms with van der Waals surface area (Å²) in [6.07, 6.45) is 18.1. The average molecular weight is 1520 g/mol. The number of hydrogen-bond acceptors (Lipinski definition) is 10. The van der Waals surface area contributed by atoms with E-state index in [9.17, 15) is 0 Å². The maximum atomic E-state index is 5.66. The van der Waals surface area contributed by atoms with E-state index in [1.165, 1.54) is 126 Å². The van der Waals surface area contributed by atoms with Crippen molar-refractivity contribution >= 4 is 98.7 Å². The van der Waals surface area contributed by atoms with Crippen molar-refractivity contribution in [2.75, 3.05) is 0 Å². The van der Waals surface area contributed by atoms with E-state index in [0.717, 1.165) is 110 Å². The zero-order chi connectivity index (χ0) is 81.3. The van der Waals surface area contributed by atoms with Crippen molar-refractivity contribution in [1.29, 1.82) is 0 Å². The van der Waals surface area contributed by atoms with E-state index >= 15 is 0 Å². The quantitative estimate of drug-likeness (QED) is 0.168. The summed E-state index contributed by atoms with van der Waals surface area (Å²) >= 11 is 0. The molecule has 114 heavy (non-hydrogen) atoms. The minimum absolute atomic E-state index is 0.292. The Bertz CT molecular complexity index is 6120. The molecule has 0 bridgehead atoms. The fraction of sp³-hybridized carbons (Fsp3) is 0.250. The van der Waals surface area contributed by atoms with Gasteiger partial charge >= 0.3 is 0 Å². The van der Waals surface area contributed by atoms with Crippen LogP contribution in [0.3, 0.4) is 0 Å². The Hall–Kier alpha value is -12.1. The molecule has 0 radical (unpaired) electrons. The first-order chi connectivity index (χ1) is 54.9. The van der Waals surface area contributed by atoms with Crippen LogP contribution < -0.4 is 0 Å². The Balaban J connectivity index is 0.000000125. The van der Waals surface area contributed by atoms with Gasteiger partial charge < -0.3 is 44.5 Å². The molecule has 0 N–H and O–H groups in total. The predicted octanol–water partition coefficient (Wildman–Crippen LogP) is 30.9. The first kappa shape index (κ1) is 82.8. The van der Waals surface area contributed by atoms with Crippen LogP contribution in [0, 0.1) is 103 Å². The largest absolute Gasteiger partial charge is 0.493 e. The lowest BCUT2D eigenvalue weighted by atomic mass is 9.89. The van der Waals surface area contributed by atoms with Gasteiger partial charge in [-0.2, -0.15) is 0 Å². The minimum atomic E-state index is 0.292. The van der Waals surface area contributed by atoms with Crippen LogP contribution in [0.25, 0.3) is 98.7 Å². The smallest absolute Gasteiger partial charge is 0.137 e. The number of hydrogen-bond donors (Lipinski definition) is 0. The summed E-state index contributed by atoms with van der Waals surface area (Å²) in [5.41, 5.74) is 26.8. The van der Waals surface area contributed by atoms with Crippen molar-refractivity contribution in [3.8, 4) is 0 Å². The minimum Gasteiger partial charge on any atom is -0.493 e. The van der Waals surface area contributed by atoms with Crippen LogP contribution in [0.4, 0.5) is 0 Å². The van der Waals surface area contributed by atoms with Gasteiger partial charge in [0.1, 0.15) is 90.9 Å². The molecule has 2 atom stereocenters. The Labute approximate surface area is 671 Å². The van der Waals surface area contributed by atoms with E-state index in [4.69, 9.17) is 44.5 Å². The SMILES string of the molecule is CC1=COC2C(C)=CC=CC12.CCc1cc2c(CC)cccc2o1.CCc1cc2cccc(C)c2o1.CCc1coc2c(C)cccc12.Cc1cc2c(C)cccc2o1.Cc1cc2cccc(C)c2o1.Cc1ccc2c(C)coc2c1.Cc1ccc2oc(C)cc2c1.Cc1ccc2oc(C)cc2c1.Cc1ccc2occ(C)c2c1. The highest BCUT2D eigenvalue weighted by Gasteiger charge is 2.29. The molecule has 9 aromatic heterocycles. The van der Waals surface area contributed by atoms with E-state index in [2.05, 4.69) is 287 Å². The Morgan fingerprint density at radius 1 is 0.281 bits per heavy atom. The highest BCUT2D eigenvalue weighted by Crippen LogP contribution is 2.34. The van der Waals surface area contributed by atoms with Gasteiger partial charge in [0.05, 0.1) is 25.1 Å². The number of para-hydroxylation sites is 3. The molecule has 0 saturated heterocycles. The molecule has 0 fully saturated rings. The Kier molecular flexibility index (Phi) is 27.9. The maximum Gasteiger partial charge on any atom is 0.137 e. The number of allylic oxidation sites excluding steroid dienone is 2. The van der Waals surface area contributed by atoms with Gasteiger partial charge in [0.25, 0.3) is 0 Å². The predicted molar refractivity (Wildman–Crippen MR) is 475 cm³/mol. The normalized spacial score (nSPS) is 13.0. The zero-order valence-corrected chi connectivity index (χ0v) is 70.2. The van der Waals surface area contributed by atoms with E-state index < -0.39 is 0 Å². The third-order valence-corrected chi connectivity index (χ3v) is 20.4. The van der Waals surface area contributed by atoms with Crippen molar-refractivity contribution in [1.82, 2.24) is 0 Å². The van der Waals surface area contributed by atoms with Crippen molar-refractivity contribution < 1.29 is 44.5 Å². The summed E-state index contributed by atoms with van der Waals surface area (Å²) < 4.78 is 54.7. The van der Waals surface area contributed by atoms with E-state index in [-0.39, 0.29) is 0 Å². The van der Waals surface area contributed by atoms with Crippen LogP contribution in [0.1, 0.15) is 143 Å². The van der Waals surface area contributed by atoms with Crippen molar-refractivity contribution in [2.45, 2.75) is 170 Å². The molecule has 10 nitrogen and oxygen atoms in total. The molecule has 2 aliphatic rings. The molecular formula is C104H110O10. The first-order valence-corrected chi connectivity index (χ1v) is 39.7. The molecular weight excluding hydrogens is 1410 g/mol. The second-order valence-corrected chi connectivity index (χ2v) is 29.9. The summed E-state index contributed by atoms with van der Waals surface area (Å²) in [5, 5.41) is 11.0. The van der Waals surface area contributed by atoms with Crippen LogP contribution in [-0.4, -0.2) is 6.10 Å². The molecule has 18 aromatic rings. The summed E-state index contributed by atoms with van der Waals surface area (Å²) in [6.45, 7) is 41.4. The first-order valence-electron chi connectivity index (χ1n) is 39.7. The number of fused-ring (bicyclic) bond motifs is 10. The Morgan fingerprint density at radius 3 is 1.37 bits per heavy atom. The van der Waals surface area contributed by atoms with Crippen molar-refractivity contribution in [3.05, 3.63) is 356 Å². The topological polar surface area (TPSA) is 127 Å². The van der Waals surface area contributed by atoms with Gasteiger partial charge in [0.15, 0.2) is 0 Å². The molecule has 0 spiro atoms. The van der Waals surface area contributed by atoms with Crippen LogP contribution >= 0.6 is 0 Å². The van der Waals surface area contributed by atoms with Crippen LogP contribution in [0.2, 0.25) is 0 Å². The van der Waals surface area contributed by atoms with Crippen LogP contribution in [0.5, 0.6) is 0 Å². The molecule has 10 heteroatoms. The van der Waals surface area contributed by atoms with Gasteiger partial charge in [-0.25, -0.2) is 0 Å². The molecule has 20 rings (SSSR count). The fourth-order valence-electron chi connectivity index (χ4n) is 14.1. The number of rotatable bonds is 4. The van der Waals surface area contributed by atoms with Gasteiger partial charge in [0.2, 0.25) is 0 Å². The van der Waals surface area contributed by atoms with E-state index in [0.29, 0.717) is 12.0 Å². The number of ether oxygens (including phenoxy) is 1. The molecule has 2 unspecified atom stereocenters. The van der Waals surface area contributed by atoms with Crippen LogP contribution in [0.15, 0.2) is 294 Å². The maximum absolute atomic E-state index is 5.66. The highest BCUT2D eigenvalue weighted by molar-refractivity contribution is 5.87. The van der Waals surface area contributed by atoms with Gasteiger partial charge in [0, 0.05) is 67.2 Å². The molecule has 10 heterocycles. The van der Waals surface area contributed by atoms with Gasteiger partial charge in [-0.15, -0.1) is 0 Å². The van der Waals surface area contributed by atoms with E-state index in [1.807, 2.05) is 82.7 Å². The second kappa shape index (κ2) is 38.4. The lowest BCUT2D eigenvalue weighted by molar-refractivity contribution is 0.180. The summed E-state index contributed by atoms with van der Waals surface area (Å²) in [4.78, 5) is 0. The molecule has 0 saturated carbocycles. The molecule has 9 aromatic carbocycles. The highest BCUT2D eigenvalue weighted by atomic mass is 16.5. The second-order valence-electron chi connectivity index (χ2n) is 29.9. The monoisotopic (exact) mass is 1520 g/mol. The summed E-state index contributed by atoms with van der Waals surface area (Å²) in [7, 11) is 0. The van der Waals surface area contributed by atoms with E-state index in [1.54, 1.807) is 12.5 Å². The standard InChI is InChI=1S/C12H14O.2C11H12O.5C10H10O.C10H12O.C10H10O/c1-3-9-6-5-7-12-11(9)8-10(4-2)13-12;1-3-10-7-9-6-4-5-8(2)11(9)12-10;1-3-9-7-12-11-8(2)5-4-6-10(9)11;1-7-3-4-10-9(5-7)8(2)6-11-10;2*1-7-3-4-10-9(5-7)6-8(2)11-10;1-7-3-4-9-8(2)6-11-10(9)5-7;1-7-4-3-5-10-9(7)6-8(2)11-10;1-7-4-3-5-9-8(2)6-11-10(7)9;1-7-4-3-5-9-6-8(2)11-10(7)9/h5-8H,3-4H2,1-2H3;2*4-7H,3H2,1-2H3;5*3-6H,1-2H3;3-6,9-10H,1-2H3;3-6H,1-2H3. The summed E-state index contributed by atoms with van der Waals surface area (Å²) in [5.74, 6) is 6.56. The third-order valence-electron chi connectivity index (χ3n) is 20.4. The van der Waals surface area contributed by atoms with Gasteiger partial charge in [-0.05, 0) is 276 Å². The zero-order valence-electron chi connectivity index (χ0n) is 70.2. The molecule has 1 aliphatic carbocycles. The van der Waals surface area contributed by atoms with Gasteiger partial charge in [-0.3, -0.25) is 0 Å². The lowest BCUT2D eigenvalue weighted by Crippen LogP contribution is -2.19. The Morgan fingerprint density at radius 2 is 0.763 bits per heavy atom. The average Bonchev–Trinajstić information content (AvgIpc) is 1.67. The van der Waals surface area contributed by atoms with Crippen LogP contribution in [-0.2, 0) is 30.4 Å². The van der Waals surface area contributed by atoms with Crippen molar-refractivity contribution in [2.24, 2.45) is 5.92 Å². The number of aryl methyl sites for hydroxylation is 18. The lowest BCUT2D eigenvalue weighted by Gasteiger charge is -2.20. The van der Waals surface area contributed by atoms with Crippen molar-refractivity contribution in [3.63, 3.8) is 0 Å². The number of furan rings is 9.